The lowest BCUT2D eigenvalue weighted by Gasteiger charge is -2.41. The zero-order valence-corrected chi connectivity index (χ0v) is 13.6. The second-order valence-corrected chi connectivity index (χ2v) is 6.04. The van der Waals surface area contributed by atoms with Crippen molar-refractivity contribution >= 4 is 34.0 Å². The average Bonchev–Trinajstić information content (AvgIpc) is 2.51. The van der Waals surface area contributed by atoms with Crippen molar-refractivity contribution in [3.63, 3.8) is 0 Å². The third-order valence-corrected chi connectivity index (χ3v) is 4.55. The van der Waals surface area contributed by atoms with Gasteiger partial charge in [0.2, 0.25) is 0 Å². The molecule has 5 nitrogen and oxygen atoms in total. The van der Waals surface area contributed by atoms with E-state index in [1.54, 1.807) is 19.2 Å². The first-order valence-electron chi connectivity index (χ1n) is 7.31. The predicted molar refractivity (Wildman–Crippen MR) is 86.4 cm³/mol. The summed E-state index contributed by atoms with van der Waals surface area (Å²) in [5, 5.41) is 2.22. The summed E-state index contributed by atoms with van der Waals surface area (Å²) in [5.74, 6) is -0.763. The Balaban J connectivity index is 2.17. The average molecular weight is 320 g/mol. The van der Waals surface area contributed by atoms with Gasteiger partial charge in [-0.15, -0.1) is 0 Å². The van der Waals surface area contributed by atoms with E-state index in [-0.39, 0.29) is 5.97 Å². The van der Waals surface area contributed by atoms with Crippen LogP contribution in [0.2, 0.25) is 5.15 Å². The molecular formula is C16H18ClN3O2. The molecule has 1 fully saturated rings. The number of ether oxygens (including phenoxy) is 1. The second kappa shape index (κ2) is 5.72. The van der Waals surface area contributed by atoms with Gasteiger partial charge in [0.15, 0.2) is 0 Å². The third kappa shape index (κ3) is 2.39. The maximum atomic E-state index is 11.9. The Bertz CT molecular complexity index is 735. The molecule has 1 aliphatic rings. The standard InChI is InChI=1S/C16H18ClN3O2/c1-9-4-5-20(9)13-8-19-15(10(2)16(21)22-3)11-6-14(17)18-7-12(11)13/h6-10H,4-5H2,1-3H3. The summed E-state index contributed by atoms with van der Waals surface area (Å²) in [6.07, 6.45) is 4.75. The fraction of sp³-hybridized carbons (Fsp3) is 0.438. The zero-order valence-electron chi connectivity index (χ0n) is 12.8. The molecule has 3 rings (SSSR count). The molecule has 2 atom stereocenters. The number of methoxy groups -OCH3 is 1. The number of rotatable bonds is 3. The minimum atomic E-state index is -0.450. The van der Waals surface area contributed by atoms with Gasteiger partial charge in [-0.05, 0) is 26.3 Å². The van der Waals surface area contributed by atoms with Gasteiger partial charge >= 0.3 is 5.97 Å². The number of nitrogens with zero attached hydrogens (tertiary/aromatic N) is 3. The van der Waals surface area contributed by atoms with Gasteiger partial charge in [-0.25, -0.2) is 4.98 Å². The first-order chi connectivity index (χ1) is 10.5. The van der Waals surface area contributed by atoms with E-state index < -0.39 is 5.92 Å². The topological polar surface area (TPSA) is 55.3 Å². The van der Waals surface area contributed by atoms with Gasteiger partial charge in [0.05, 0.1) is 30.6 Å². The molecule has 0 aliphatic carbocycles. The van der Waals surface area contributed by atoms with Crippen LogP contribution in [-0.4, -0.2) is 35.6 Å². The molecule has 3 heterocycles. The van der Waals surface area contributed by atoms with Gasteiger partial charge < -0.3 is 9.64 Å². The van der Waals surface area contributed by atoms with Gasteiger partial charge in [0.1, 0.15) is 5.15 Å². The van der Waals surface area contributed by atoms with Crippen LogP contribution in [0.15, 0.2) is 18.5 Å². The van der Waals surface area contributed by atoms with Crippen molar-refractivity contribution in [1.82, 2.24) is 9.97 Å². The number of fused-ring (bicyclic) bond motifs is 1. The zero-order chi connectivity index (χ0) is 15.9. The molecule has 116 valence electrons. The number of esters is 1. The maximum Gasteiger partial charge on any atom is 0.314 e. The van der Waals surface area contributed by atoms with Crippen LogP contribution in [0.4, 0.5) is 5.69 Å². The predicted octanol–water partition coefficient (Wildman–Crippen LogP) is 3.16. The summed E-state index contributed by atoms with van der Waals surface area (Å²) in [5.41, 5.74) is 1.71. The molecule has 1 aliphatic heterocycles. The minimum Gasteiger partial charge on any atom is -0.469 e. The highest BCUT2D eigenvalue weighted by molar-refractivity contribution is 6.30. The van der Waals surface area contributed by atoms with Gasteiger partial charge in [-0.1, -0.05) is 11.6 Å². The van der Waals surface area contributed by atoms with Gasteiger partial charge in [0, 0.05) is 29.6 Å². The molecular weight excluding hydrogens is 302 g/mol. The summed E-state index contributed by atoms with van der Waals surface area (Å²) < 4.78 is 4.83. The van der Waals surface area contributed by atoms with Crippen LogP contribution < -0.4 is 4.90 Å². The van der Waals surface area contributed by atoms with Crippen LogP contribution >= 0.6 is 11.6 Å². The highest BCUT2D eigenvalue weighted by atomic mass is 35.5. The number of anilines is 1. The van der Waals surface area contributed by atoms with Gasteiger partial charge in [0.25, 0.3) is 0 Å². The van der Waals surface area contributed by atoms with Crippen molar-refractivity contribution in [2.75, 3.05) is 18.6 Å². The van der Waals surface area contributed by atoms with E-state index in [0.717, 1.165) is 23.0 Å². The van der Waals surface area contributed by atoms with E-state index in [4.69, 9.17) is 16.3 Å². The molecule has 2 aromatic rings. The largest absolute Gasteiger partial charge is 0.469 e. The van der Waals surface area contributed by atoms with Crippen LogP contribution in [0.25, 0.3) is 10.8 Å². The Labute approximate surface area is 134 Å². The van der Waals surface area contributed by atoms with E-state index in [1.807, 2.05) is 6.20 Å². The first-order valence-corrected chi connectivity index (χ1v) is 7.69. The van der Waals surface area contributed by atoms with Crippen LogP contribution in [0, 0.1) is 0 Å². The van der Waals surface area contributed by atoms with Crippen molar-refractivity contribution in [3.05, 3.63) is 29.3 Å². The molecule has 6 heteroatoms. The van der Waals surface area contributed by atoms with Crippen LogP contribution in [0.3, 0.4) is 0 Å². The number of hydrogen-bond acceptors (Lipinski definition) is 5. The fourth-order valence-corrected chi connectivity index (χ4v) is 3.01. The minimum absolute atomic E-state index is 0.313. The lowest BCUT2D eigenvalue weighted by Crippen LogP contribution is -2.45. The Morgan fingerprint density at radius 1 is 1.41 bits per heavy atom. The molecule has 0 spiro atoms. The molecule has 0 amide bonds. The van der Waals surface area contributed by atoms with Crippen LogP contribution in [0.1, 0.15) is 31.9 Å². The molecule has 0 N–H and O–H groups in total. The van der Waals surface area contributed by atoms with E-state index in [1.165, 1.54) is 13.5 Å². The third-order valence-electron chi connectivity index (χ3n) is 4.34. The number of pyridine rings is 2. The Hall–Kier alpha value is -1.88. The van der Waals surface area contributed by atoms with Crippen molar-refractivity contribution in [1.29, 1.82) is 0 Å². The quantitative estimate of drug-likeness (QED) is 0.642. The lowest BCUT2D eigenvalue weighted by molar-refractivity contribution is -0.142. The maximum absolute atomic E-state index is 11.9. The Morgan fingerprint density at radius 2 is 2.18 bits per heavy atom. The summed E-state index contributed by atoms with van der Waals surface area (Å²) in [7, 11) is 1.38. The number of halogens is 1. The normalized spacial score (nSPS) is 18.9. The van der Waals surface area contributed by atoms with Crippen molar-refractivity contribution in [3.8, 4) is 0 Å². The Kier molecular flexibility index (Phi) is 3.91. The monoisotopic (exact) mass is 319 g/mol. The molecule has 0 bridgehead atoms. The highest BCUT2D eigenvalue weighted by Crippen LogP contribution is 2.36. The fourth-order valence-electron chi connectivity index (χ4n) is 2.85. The summed E-state index contributed by atoms with van der Waals surface area (Å²) in [6.45, 7) is 4.98. The summed E-state index contributed by atoms with van der Waals surface area (Å²) in [6, 6.07) is 2.26. The van der Waals surface area contributed by atoms with E-state index in [2.05, 4.69) is 21.8 Å². The van der Waals surface area contributed by atoms with E-state index >= 15 is 0 Å². The molecule has 0 aromatic carbocycles. The molecule has 22 heavy (non-hydrogen) atoms. The van der Waals surface area contributed by atoms with Gasteiger partial charge in [-0.3, -0.25) is 9.78 Å². The van der Waals surface area contributed by atoms with Crippen molar-refractivity contribution < 1.29 is 9.53 Å². The number of carbonyl (C=O) groups is 1. The van der Waals surface area contributed by atoms with Crippen LogP contribution in [0.5, 0.6) is 0 Å². The second-order valence-electron chi connectivity index (χ2n) is 5.66. The smallest absolute Gasteiger partial charge is 0.314 e. The molecule has 0 radical (unpaired) electrons. The van der Waals surface area contributed by atoms with Crippen molar-refractivity contribution in [2.24, 2.45) is 0 Å². The molecule has 2 unspecified atom stereocenters. The Morgan fingerprint density at radius 3 is 2.77 bits per heavy atom. The summed E-state index contributed by atoms with van der Waals surface area (Å²) >= 11 is 6.05. The van der Waals surface area contributed by atoms with E-state index in [9.17, 15) is 4.79 Å². The lowest BCUT2D eigenvalue weighted by atomic mass is 9.98. The summed E-state index contributed by atoms with van der Waals surface area (Å²) in [4.78, 5) is 22.9. The highest BCUT2D eigenvalue weighted by Gasteiger charge is 2.28. The number of aromatic nitrogens is 2. The first kappa shape index (κ1) is 15.0. The molecule has 0 saturated carbocycles. The number of hydrogen-bond donors (Lipinski definition) is 0. The van der Waals surface area contributed by atoms with E-state index in [0.29, 0.717) is 16.9 Å². The van der Waals surface area contributed by atoms with Gasteiger partial charge in [-0.2, -0.15) is 0 Å². The number of carbonyl (C=O) groups excluding carboxylic acids is 1. The molecule has 2 aromatic heterocycles. The van der Waals surface area contributed by atoms with Crippen LogP contribution in [-0.2, 0) is 9.53 Å². The molecule has 1 saturated heterocycles. The SMILES string of the molecule is COC(=O)C(C)c1ncc(N2CCC2C)c2cnc(Cl)cc12. The van der Waals surface area contributed by atoms with Crippen molar-refractivity contribution in [2.45, 2.75) is 32.2 Å².